The third kappa shape index (κ3) is 6.16. The van der Waals surface area contributed by atoms with Gasteiger partial charge < -0.3 is 39.4 Å². The van der Waals surface area contributed by atoms with Crippen LogP contribution in [0.25, 0.3) is 0 Å². The van der Waals surface area contributed by atoms with Crippen molar-refractivity contribution in [1.29, 1.82) is 0 Å². The van der Waals surface area contributed by atoms with Crippen LogP contribution >= 0.6 is 0 Å². The highest BCUT2D eigenvalue weighted by Gasteiger charge is 2.54. The minimum atomic E-state index is -2.06. The standard InChI is InChI=1S/C28H41NO9/c1-17-14-18-6-11-29-12-7-20-23(29)22(19(18)8-13-36-16-37-17)25(24(20)35-4)38-26(32)28(34,15-21(30)31)10-5-9-27(2,3)33/h8,14,22-23,25-26,32-34H,1,5-7,9-13,15-16H2,2-4H3,(H,30,31)/b18-14-,19-8+/t22-,23+,25-,26?,28+/m0/s1. The molecule has 0 radical (unpaired) electrons. The Kier molecular flexibility index (Phi) is 8.71. The molecule has 10 nitrogen and oxygen atoms in total. The van der Waals surface area contributed by atoms with Crippen LogP contribution in [0.4, 0.5) is 0 Å². The van der Waals surface area contributed by atoms with Crippen molar-refractivity contribution in [3.63, 3.8) is 0 Å². The van der Waals surface area contributed by atoms with Gasteiger partial charge in [-0.3, -0.25) is 9.69 Å². The van der Waals surface area contributed by atoms with Crippen molar-refractivity contribution < 1.29 is 44.2 Å². The third-order valence-electron chi connectivity index (χ3n) is 7.95. The highest BCUT2D eigenvalue weighted by Crippen LogP contribution is 2.51. The minimum Gasteiger partial charge on any atom is -0.498 e. The first-order chi connectivity index (χ1) is 17.9. The van der Waals surface area contributed by atoms with Gasteiger partial charge >= 0.3 is 5.97 Å². The van der Waals surface area contributed by atoms with Gasteiger partial charge in [-0.05, 0) is 68.7 Å². The normalized spacial score (nSPS) is 31.2. The molecule has 0 bridgehead atoms. The Morgan fingerprint density at radius 3 is 2.68 bits per heavy atom. The summed E-state index contributed by atoms with van der Waals surface area (Å²) >= 11 is 0. The Labute approximate surface area is 223 Å². The van der Waals surface area contributed by atoms with E-state index in [4.69, 9.17) is 18.9 Å². The molecule has 4 aliphatic rings. The number of nitrogens with zero attached hydrogens (tertiary/aromatic N) is 1. The number of aliphatic hydroxyl groups excluding tert-OH is 1. The van der Waals surface area contributed by atoms with E-state index >= 15 is 0 Å². The SMILES string of the molecule is C=C1/C=C2/CCN3CCC4=C(OC)[C@@H](OC(O)[C@@](O)(CCCC(C)(C)O)CC(=O)O)[C@@H](/C2=C/COCO1)[C@@H]43. The van der Waals surface area contributed by atoms with E-state index < -0.39 is 36.0 Å². The van der Waals surface area contributed by atoms with Gasteiger partial charge in [-0.25, -0.2) is 0 Å². The fourth-order valence-corrected chi connectivity index (χ4v) is 6.22. The van der Waals surface area contributed by atoms with Crippen LogP contribution in [-0.4, -0.2) is 94.5 Å². The molecule has 0 aromatic heterocycles. The summed E-state index contributed by atoms with van der Waals surface area (Å²) in [7, 11) is 1.57. The van der Waals surface area contributed by atoms with Crippen LogP contribution in [-0.2, 0) is 23.7 Å². The molecule has 10 heteroatoms. The minimum absolute atomic E-state index is 0.0167. The number of fused-ring (bicyclic) bond motifs is 2. The number of methoxy groups -OCH3 is 1. The second-order valence-electron chi connectivity index (χ2n) is 11.3. The molecule has 2 fully saturated rings. The van der Waals surface area contributed by atoms with Crippen molar-refractivity contribution in [2.24, 2.45) is 5.92 Å². The molecule has 0 amide bonds. The number of hydrogen-bond acceptors (Lipinski definition) is 9. The molecule has 2 saturated heterocycles. The lowest BCUT2D eigenvalue weighted by molar-refractivity contribution is -0.241. The average Bonchev–Trinajstić information content (AvgIpc) is 3.32. The van der Waals surface area contributed by atoms with E-state index in [1.54, 1.807) is 21.0 Å². The maximum Gasteiger partial charge on any atom is 0.306 e. The summed E-state index contributed by atoms with van der Waals surface area (Å²) in [6.45, 7) is 9.35. The fourth-order valence-electron chi connectivity index (χ4n) is 6.22. The fraction of sp³-hybridized carbons (Fsp3) is 0.679. The lowest BCUT2D eigenvalue weighted by atomic mass is 9.84. The highest BCUT2D eigenvalue weighted by atomic mass is 16.7. The number of hydrogen-bond donors (Lipinski definition) is 4. The Bertz CT molecular complexity index is 1010. The molecule has 0 spiro atoms. The molecule has 0 aromatic rings. The number of ether oxygens (including phenoxy) is 4. The predicted molar refractivity (Wildman–Crippen MR) is 138 cm³/mol. The molecule has 5 atom stereocenters. The van der Waals surface area contributed by atoms with Gasteiger partial charge in [0.1, 0.15) is 23.2 Å². The van der Waals surface area contributed by atoms with Gasteiger partial charge in [0.05, 0.1) is 25.7 Å². The zero-order chi connectivity index (χ0) is 27.7. The van der Waals surface area contributed by atoms with E-state index in [2.05, 4.69) is 11.5 Å². The summed E-state index contributed by atoms with van der Waals surface area (Å²) < 4.78 is 23.2. The van der Waals surface area contributed by atoms with E-state index in [9.17, 15) is 25.2 Å². The monoisotopic (exact) mass is 535 g/mol. The Morgan fingerprint density at radius 2 is 2.00 bits per heavy atom. The Morgan fingerprint density at radius 1 is 1.26 bits per heavy atom. The second-order valence-corrected chi connectivity index (χ2v) is 11.3. The van der Waals surface area contributed by atoms with Crippen molar-refractivity contribution in [3.05, 3.63) is 47.0 Å². The maximum atomic E-state index is 11.7. The quantitative estimate of drug-likeness (QED) is 0.308. The molecule has 4 N–H and O–H groups in total. The summed E-state index contributed by atoms with van der Waals surface area (Å²) in [6, 6.07) is -0.0167. The van der Waals surface area contributed by atoms with Crippen LogP contribution in [0.15, 0.2) is 47.0 Å². The van der Waals surface area contributed by atoms with Crippen LogP contribution in [0.3, 0.4) is 0 Å². The lowest BCUT2D eigenvalue weighted by Crippen LogP contribution is -2.49. The number of carboxylic acid groups (broad SMARTS) is 1. The zero-order valence-electron chi connectivity index (χ0n) is 22.5. The molecule has 3 aliphatic heterocycles. The number of rotatable bonds is 10. The first kappa shape index (κ1) is 28.8. The van der Waals surface area contributed by atoms with Crippen LogP contribution in [0.1, 0.15) is 52.4 Å². The van der Waals surface area contributed by atoms with E-state index in [1.165, 1.54) is 0 Å². The molecule has 1 aliphatic carbocycles. The number of allylic oxidation sites excluding steroid dienone is 1. The third-order valence-corrected chi connectivity index (χ3v) is 7.95. The summed E-state index contributed by atoms with van der Waals surface area (Å²) in [5.74, 6) is -0.430. The van der Waals surface area contributed by atoms with Gasteiger partial charge in [0.25, 0.3) is 0 Å². The Hall–Kier alpha value is -2.21. The second kappa shape index (κ2) is 11.5. The van der Waals surface area contributed by atoms with Gasteiger partial charge in [0.15, 0.2) is 13.1 Å². The molecule has 4 rings (SSSR count). The number of aliphatic hydroxyl groups is 3. The van der Waals surface area contributed by atoms with E-state index in [-0.39, 0.29) is 25.2 Å². The number of carbonyl (C=O) groups is 1. The van der Waals surface area contributed by atoms with Crippen molar-refractivity contribution >= 4 is 5.97 Å². The van der Waals surface area contributed by atoms with Gasteiger partial charge in [-0.15, -0.1) is 0 Å². The summed E-state index contributed by atoms with van der Waals surface area (Å²) in [5.41, 5.74) is 0.0660. The van der Waals surface area contributed by atoms with Gasteiger partial charge in [-0.2, -0.15) is 0 Å². The molecule has 0 saturated carbocycles. The molecule has 0 aromatic carbocycles. The number of carboxylic acids is 1. The highest BCUT2D eigenvalue weighted by molar-refractivity contribution is 5.68. The van der Waals surface area contributed by atoms with E-state index in [0.717, 1.165) is 42.7 Å². The van der Waals surface area contributed by atoms with Gasteiger partial charge in [-0.1, -0.05) is 12.7 Å². The summed E-state index contributed by atoms with van der Waals surface area (Å²) in [5, 5.41) is 42.2. The molecular weight excluding hydrogens is 494 g/mol. The van der Waals surface area contributed by atoms with Crippen LogP contribution < -0.4 is 0 Å². The molecule has 1 unspecified atom stereocenters. The first-order valence-electron chi connectivity index (χ1n) is 13.2. The van der Waals surface area contributed by atoms with Gasteiger partial charge in [0.2, 0.25) is 0 Å². The smallest absolute Gasteiger partial charge is 0.306 e. The lowest BCUT2D eigenvalue weighted by Gasteiger charge is -2.37. The van der Waals surface area contributed by atoms with Gasteiger partial charge in [0, 0.05) is 25.0 Å². The van der Waals surface area contributed by atoms with Crippen molar-refractivity contribution in [2.45, 2.75) is 82.0 Å². The zero-order valence-corrected chi connectivity index (χ0v) is 22.5. The molecular formula is C28H41NO9. The predicted octanol–water partition coefficient (Wildman–Crippen LogP) is 2.22. The van der Waals surface area contributed by atoms with E-state index in [1.807, 2.05) is 12.2 Å². The summed E-state index contributed by atoms with van der Waals surface area (Å²) in [4.78, 5) is 14.1. The number of aliphatic carboxylic acids is 1. The maximum absolute atomic E-state index is 11.7. The van der Waals surface area contributed by atoms with Crippen LogP contribution in [0.5, 0.6) is 0 Å². The largest absolute Gasteiger partial charge is 0.498 e. The van der Waals surface area contributed by atoms with Crippen LogP contribution in [0, 0.1) is 5.92 Å². The van der Waals surface area contributed by atoms with Crippen molar-refractivity contribution in [1.82, 2.24) is 4.90 Å². The molecule has 38 heavy (non-hydrogen) atoms. The van der Waals surface area contributed by atoms with E-state index in [0.29, 0.717) is 31.0 Å². The Balaban J connectivity index is 1.68. The topological polar surface area (TPSA) is 138 Å². The van der Waals surface area contributed by atoms with Crippen LogP contribution in [0.2, 0.25) is 0 Å². The summed E-state index contributed by atoms with van der Waals surface area (Å²) in [6.07, 6.45) is 2.79. The van der Waals surface area contributed by atoms with Crippen molar-refractivity contribution in [3.8, 4) is 0 Å². The first-order valence-corrected chi connectivity index (χ1v) is 13.2. The molecule has 212 valence electrons. The average molecular weight is 536 g/mol. The molecule has 3 heterocycles. The van der Waals surface area contributed by atoms with Crippen molar-refractivity contribution in [2.75, 3.05) is 33.6 Å².